The Hall–Kier alpha value is -2.74. The summed E-state index contributed by atoms with van der Waals surface area (Å²) in [5, 5.41) is 17.6. The number of rotatable bonds is 4. The highest BCUT2D eigenvalue weighted by atomic mass is 32.1. The summed E-state index contributed by atoms with van der Waals surface area (Å²) in [4.78, 5) is 13.0. The zero-order chi connectivity index (χ0) is 14.4. The molecule has 0 spiro atoms. The Kier molecular flexibility index (Phi) is 4.40. The lowest BCUT2D eigenvalue weighted by Gasteiger charge is -2.06. The fourth-order valence-corrected chi connectivity index (χ4v) is 1.58. The van der Waals surface area contributed by atoms with Gasteiger partial charge in [-0.25, -0.2) is 0 Å². The molecule has 20 heavy (non-hydrogen) atoms. The number of nitro groups is 1. The van der Waals surface area contributed by atoms with E-state index in [1.165, 1.54) is 12.1 Å². The number of aromatic nitrogens is 1. The van der Waals surface area contributed by atoms with Crippen molar-refractivity contribution in [3.8, 4) is 0 Å². The highest BCUT2D eigenvalue weighted by molar-refractivity contribution is 7.80. The molecule has 8 heteroatoms. The molecule has 1 aromatic carbocycles. The van der Waals surface area contributed by atoms with Gasteiger partial charge in [0.2, 0.25) is 0 Å². The third-order valence-corrected chi connectivity index (χ3v) is 2.52. The van der Waals surface area contributed by atoms with E-state index in [9.17, 15) is 10.1 Å². The minimum absolute atomic E-state index is 0.0270. The van der Waals surface area contributed by atoms with Crippen molar-refractivity contribution in [2.24, 2.45) is 5.10 Å². The molecule has 0 unspecified atom stereocenters. The van der Waals surface area contributed by atoms with E-state index < -0.39 is 4.92 Å². The number of benzene rings is 1. The van der Waals surface area contributed by atoms with E-state index in [4.69, 9.17) is 12.2 Å². The Morgan fingerprint density at radius 3 is 2.70 bits per heavy atom. The number of nitro benzene ring substituents is 1. The quantitative estimate of drug-likeness (QED) is 0.347. The Morgan fingerprint density at radius 2 is 2.10 bits per heavy atom. The van der Waals surface area contributed by atoms with Crippen LogP contribution in [-0.4, -0.2) is 21.2 Å². The van der Waals surface area contributed by atoms with Gasteiger partial charge in [0.05, 0.1) is 16.8 Å². The third kappa shape index (κ3) is 3.89. The fraction of sp³-hybridized carbons (Fsp3) is 0. The summed E-state index contributed by atoms with van der Waals surface area (Å²) in [6, 6.07) is 9.65. The Balaban J connectivity index is 1.86. The molecule has 3 N–H and O–H groups in total. The number of hydrogen-bond acceptors (Lipinski definition) is 4. The second kappa shape index (κ2) is 6.43. The minimum atomic E-state index is -0.457. The molecule has 1 heterocycles. The second-order valence-electron chi connectivity index (χ2n) is 3.75. The number of hydrogen-bond donors (Lipinski definition) is 3. The highest BCUT2D eigenvalue weighted by Gasteiger charge is 2.04. The number of hydrazone groups is 1. The van der Waals surface area contributed by atoms with E-state index in [0.29, 0.717) is 10.8 Å². The molecule has 0 amide bonds. The maximum Gasteiger partial charge on any atom is 0.269 e. The van der Waals surface area contributed by atoms with E-state index in [2.05, 4.69) is 20.8 Å². The number of non-ortho nitro benzene ring substituents is 1. The van der Waals surface area contributed by atoms with Gasteiger partial charge < -0.3 is 10.3 Å². The lowest BCUT2D eigenvalue weighted by Crippen LogP contribution is -2.23. The molecule has 0 aliphatic heterocycles. The Labute approximate surface area is 119 Å². The zero-order valence-corrected chi connectivity index (χ0v) is 11.1. The molecular weight excluding hydrogens is 278 g/mol. The molecule has 0 aliphatic carbocycles. The number of anilines is 1. The maximum atomic E-state index is 10.5. The standard InChI is InChI=1S/C12H11N5O2S/c18-17(19)11-5-3-9(4-6-11)15-12(20)16-14-8-10-2-1-7-13-10/h1-8,13H,(H2,15,16,20). The van der Waals surface area contributed by atoms with E-state index in [-0.39, 0.29) is 5.69 Å². The van der Waals surface area contributed by atoms with E-state index in [1.807, 2.05) is 12.1 Å². The molecule has 0 saturated heterocycles. The molecule has 0 saturated carbocycles. The summed E-state index contributed by atoms with van der Waals surface area (Å²) < 4.78 is 0. The lowest BCUT2D eigenvalue weighted by molar-refractivity contribution is -0.384. The van der Waals surface area contributed by atoms with Crippen molar-refractivity contribution < 1.29 is 4.92 Å². The van der Waals surface area contributed by atoms with Crippen LogP contribution in [0.5, 0.6) is 0 Å². The summed E-state index contributed by atoms with van der Waals surface area (Å²) in [5.74, 6) is 0. The van der Waals surface area contributed by atoms with Gasteiger partial charge in [0.15, 0.2) is 5.11 Å². The van der Waals surface area contributed by atoms with Gasteiger partial charge in [-0.2, -0.15) is 5.10 Å². The van der Waals surface area contributed by atoms with Gasteiger partial charge >= 0.3 is 0 Å². The minimum Gasteiger partial charge on any atom is -0.360 e. The summed E-state index contributed by atoms with van der Waals surface area (Å²) in [6.45, 7) is 0. The monoisotopic (exact) mass is 289 g/mol. The Bertz CT molecular complexity index is 622. The fourth-order valence-electron chi connectivity index (χ4n) is 1.41. The molecular formula is C12H11N5O2S. The highest BCUT2D eigenvalue weighted by Crippen LogP contribution is 2.15. The van der Waals surface area contributed by atoms with Crippen molar-refractivity contribution in [2.45, 2.75) is 0 Å². The van der Waals surface area contributed by atoms with Gasteiger partial charge in [-0.05, 0) is 36.5 Å². The molecule has 0 aliphatic rings. The van der Waals surface area contributed by atoms with Crippen molar-refractivity contribution >= 4 is 34.9 Å². The van der Waals surface area contributed by atoms with Crippen LogP contribution in [0.25, 0.3) is 0 Å². The zero-order valence-electron chi connectivity index (χ0n) is 10.2. The van der Waals surface area contributed by atoms with Crippen LogP contribution in [0.2, 0.25) is 0 Å². The van der Waals surface area contributed by atoms with Gasteiger partial charge in [-0.3, -0.25) is 15.5 Å². The average Bonchev–Trinajstić information content (AvgIpc) is 2.92. The molecule has 102 valence electrons. The summed E-state index contributed by atoms with van der Waals surface area (Å²) in [5.41, 5.74) is 4.15. The molecule has 0 bridgehead atoms. The Morgan fingerprint density at radius 1 is 1.35 bits per heavy atom. The average molecular weight is 289 g/mol. The number of H-pyrrole nitrogens is 1. The lowest BCUT2D eigenvalue weighted by atomic mass is 10.3. The second-order valence-corrected chi connectivity index (χ2v) is 4.16. The summed E-state index contributed by atoms with van der Waals surface area (Å²) in [6.07, 6.45) is 3.37. The maximum absolute atomic E-state index is 10.5. The summed E-state index contributed by atoms with van der Waals surface area (Å²) >= 11 is 5.04. The molecule has 0 radical (unpaired) electrons. The van der Waals surface area contributed by atoms with Crippen LogP contribution in [0, 0.1) is 10.1 Å². The van der Waals surface area contributed by atoms with Crippen molar-refractivity contribution in [1.29, 1.82) is 0 Å². The first kappa shape index (κ1) is 13.7. The van der Waals surface area contributed by atoms with Crippen molar-refractivity contribution in [3.05, 3.63) is 58.4 Å². The first-order valence-corrected chi connectivity index (χ1v) is 6.04. The van der Waals surface area contributed by atoms with Crippen LogP contribution in [-0.2, 0) is 0 Å². The SMILES string of the molecule is O=[N+]([O-])c1ccc(NC(=S)NN=Cc2ccc[nH]2)cc1. The third-order valence-electron chi connectivity index (χ3n) is 2.33. The normalized spacial score (nSPS) is 10.4. The van der Waals surface area contributed by atoms with Crippen LogP contribution in [0.1, 0.15) is 5.69 Å². The van der Waals surface area contributed by atoms with Gasteiger partial charge in [0.25, 0.3) is 5.69 Å². The van der Waals surface area contributed by atoms with Gasteiger partial charge in [0.1, 0.15) is 0 Å². The van der Waals surface area contributed by atoms with Crippen LogP contribution >= 0.6 is 12.2 Å². The number of nitrogens with zero attached hydrogens (tertiary/aromatic N) is 2. The summed E-state index contributed by atoms with van der Waals surface area (Å²) in [7, 11) is 0. The van der Waals surface area contributed by atoms with E-state index in [1.54, 1.807) is 24.5 Å². The van der Waals surface area contributed by atoms with Crippen molar-refractivity contribution in [3.63, 3.8) is 0 Å². The smallest absolute Gasteiger partial charge is 0.269 e. The predicted molar refractivity (Wildman–Crippen MR) is 80.8 cm³/mol. The van der Waals surface area contributed by atoms with Gasteiger partial charge in [-0.1, -0.05) is 0 Å². The van der Waals surface area contributed by atoms with Gasteiger partial charge in [-0.15, -0.1) is 0 Å². The van der Waals surface area contributed by atoms with E-state index in [0.717, 1.165) is 5.69 Å². The molecule has 1 aromatic heterocycles. The molecule has 0 fully saturated rings. The van der Waals surface area contributed by atoms with Crippen LogP contribution in [0.3, 0.4) is 0 Å². The first-order chi connectivity index (χ1) is 9.65. The number of thiocarbonyl (C=S) groups is 1. The van der Waals surface area contributed by atoms with E-state index >= 15 is 0 Å². The molecule has 0 atom stereocenters. The van der Waals surface area contributed by atoms with Crippen molar-refractivity contribution in [2.75, 3.05) is 5.32 Å². The molecule has 2 aromatic rings. The first-order valence-electron chi connectivity index (χ1n) is 5.63. The predicted octanol–water partition coefficient (Wildman–Crippen LogP) is 2.24. The number of nitrogens with one attached hydrogen (secondary N) is 3. The van der Waals surface area contributed by atoms with Crippen LogP contribution in [0.15, 0.2) is 47.7 Å². The van der Waals surface area contributed by atoms with Crippen LogP contribution in [0.4, 0.5) is 11.4 Å². The van der Waals surface area contributed by atoms with Crippen LogP contribution < -0.4 is 10.7 Å². The van der Waals surface area contributed by atoms with Gasteiger partial charge in [0, 0.05) is 24.0 Å². The van der Waals surface area contributed by atoms with Crippen molar-refractivity contribution in [1.82, 2.24) is 10.4 Å². The largest absolute Gasteiger partial charge is 0.360 e. The topological polar surface area (TPSA) is 95.3 Å². The number of aromatic amines is 1. The molecule has 7 nitrogen and oxygen atoms in total. The molecule has 2 rings (SSSR count).